The second-order valence-electron chi connectivity index (χ2n) is 4.21. The number of nitrogens with one attached hydrogen (secondary N) is 3. The Morgan fingerprint density at radius 2 is 2.19 bits per heavy atom. The van der Waals surface area contributed by atoms with Crippen LogP contribution < -0.4 is 10.6 Å². The molecular weight excluding hydrogens is 296 g/mol. The van der Waals surface area contributed by atoms with Crippen molar-refractivity contribution < 1.29 is 14.7 Å². The van der Waals surface area contributed by atoms with Gasteiger partial charge in [0, 0.05) is 24.9 Å². The molecule has 0 saturated heterocycles. The van der Waals surface area contributed by atoms with E-state index in [4.69, 9.17) is 16.7 Å². The number of halogens is 1. The Labute approximate surface area is 125 Å². The van der Waals surface area contributed by atoms with E-state index in [1.165, 1.54) is 18.2 Å². The number of imidazole rings is 1. The lowest BCUT2D eigenvalue weighted by Gasteiger charge is -2.09. The summed E-state index contributed by atoms with van der Waals surface area (Å²) < 4.78 is 0. The van der Waals surface area contributed by atoms with Crippen LogP contribution >= 0.6 is 11.6 Å². The predicted octanol–water partition coefficient (Wildman–Crippen LogP) is 2.13. The molecule has 4 N–H and O–H groups in total. The summed E-state index contributed by atoms with van der Waals surface area (Å²) in [6.45, 7) is 0.429. The molecule has 1 aromatic heterocycles. The van der Waals surface area contributed by atoms with Crippen LogP contribution in [0.3, 0.4) is 0 Å². The van der Waals surface area contributed by atoms with Gasteiger partial charge in [-0.2, -0.15) is 0 Å². The van der Waals surface area contributed by atoms with Crippen molar-refractivity contribution in [2.45, 2.75) is 6.42 Å². The van der Waals surface area contributed by atoms with Crippen LogP contribution in [0.2, 0.25) is 5.02 Å². The molecule has 1 aromatic carbocycles. The molecule has 1 heterocycles. The molecule has 0 aliphatic carbocycles. The molecule has 0 saturated carbocycles. The zero-order valence-corrected chi connectivity index (χ0v) is 11.6. The summed E-state index contributed by atoms with van der Waals surface area (Å²) in [5.41, 5.74) is 1.32. The number of amides is 2. The first kappa shape index (κ1) is 14.9. The third-order valence-electron chi connectivity index (χ3n) is 2.70. The molecule has 0 aliphatic rings. The van der Waals surface area contributed by atoms with Crippen LogP contribution in [-0.4, -0.2) is 33.6 Å². The maximum Gasteiger partial charge on any atom is 0.335 e. The third-order valence-corrected chi connectivity index (χ3v) is 3.01. The van der Waals surface area contributed by atoms with Crippen LogP contribution in [0, 0.1) is 0 Å². The molecule has 2 rings (SSSR count). The summed E-state index contributed by atoms with van der Waals surface area (Å²) in [4.78, 5) is 29.3. The van der Waals surface area contributed by atoms with Crippen LogP contribution in [0.25, 0.3) is 0 Å². The molecule has 2 amide bonds. The first-order valence-corrected chi connectivity index (χ1v) is 6.49. The molecular formula is C13H13ClN4O3. The quantitative estimate of drug-likeness (QED) is 0.678. The Balaban J connectivity index is 1.86. The molecule has 2 aromatic rings. The fourth-order valence-corrected chi connectivity index (χ4v) is 1.88. The van der Waals surface area contributed by atoms with Crippen molar-refractivity contribution in [1.29, 1.82) is 0 Å². The van der Waals surface area contributed by atoms with Gasteiger partial charge in [-0.25, -0.2) is 14.6 Å². The highest BCUT2D eigenvalue weighted by Gasteiger charge is 2.09. The highest BCUT2D eigenvalue weighted by atomic mass is 35.5. The van der Waals surface area contributed by atoms with Gasteiger partial charge in [-0.1, -0.05) is 11.6 Å². The minimum atomic E-state index is -1.08. The second kappa shape index (κ2) is 6.76. The number of H-pyrrole nitrogens is 1. The summed E-state index contributed by atoms with van der Waals surface area (Å²) >= 11 is 5.91. The number of hydrogen-bond acceptors (Lipinski definition) is 3. The molecule has 0 fully saturated rings. The number of benzene rings is 1. The van der Waals surface area contributed by atoms with Gasteiger partial charge in [0.05, 0.1) is 22.6 Å². The van der Waals surface area contributed by atoms with Gasteiger partial charge in [-0.05, 0) is 18.2 Å². The van der Waals surface area contributed by atoms with Gasteiger partial charge in [0.2, 0.25) is 0 Å². The number of aromatic amines is 1. The van der Waals surface area contributed by atoms with Gasteiger partial charge in [-0.15, -0.1) is 0 Å². The maximum absolute atomic E-state index is 11.7. The smallest absolute Gasteiger partial charge is 0.335 e. The average Bonchev–Trinajstić information content (AvgIpc) is 2.94. The van der Waals surface area contributed by atoms with Crippen molar-refractivity contribution >= 4 is 29.3 Å². The van der Waals surface area contributed by atoms with Crippen molar-refractivity contribution in [2.24, 2.45) is 0 Å². The number of carboxylic acids is 1. The van der Waals surface area contributed by atoms with Crippen LogP contribution in [-0.2, 0) is 6.42 Å². The molecule has 0 spiro atoms. The standard InChI is InChI=1S/C13H13ClN4O3/c14-10-5-8(12(19)20)1-2-11(10)18-13(21)16-4-3-9-6-15-7-17-9/h1-2,5-7H,3-4H2,(H,15,17)(H,19,20)(H2,16,18,21). The largest absolute Gasteiger partial charge is 0.478 e. The number of nitrogens with zero attached hydrogens (tertiary/aromatic N) is 1. The fourth-order valence-electron chi connectivity index (χ4n) is 1.65. The van der Waals surface area contributed by atoms with Gasteiger partial charge < -0.3 is 20.7 Å². The van der Waals surface area contributed by atoms with Crippen molar-refractivity contribution in [2.75, 3.05) is 11.9 Å². The van der Waals surface area contributed by atoms with Crippen LogP contribution in [0.15, 0.2) is 30.7 Å². The van der Waals surface area contributed by atoms with Gasteiger partial charge in [-0.3, -0.25) is 0 Å². The molecule has 7 nitrogen and oxygen atoms in total. The van der Waals surface area contributed by atoms with E-state index >= 15 is 0 Å². The summed E-state index contributed by atoms with van der Waals surface area (Å²) in [5.74, 6) is -1.08. The third kappa shape index (κ3) is 4.22. The Bertz CT molecular complexity index is 643. The Morgan fingerprint density at radius 3 is 2.81 bits per heavy atom. The lowest BCUT2D eigenvalue weighted by atomic mass is 10.2. The maximum atomic E-state index is 11.7. The number of aromatic carboxylic acids is 1. The minimum Gasteiger partial charge on any atom is -0.478 e. The molecule has 110 valence electrons. The van der Waals surface area contributed by atoms with E-state index in [2.05, 4.69) is 20.6 Å². The Hall–Kier alpha value is -2.54. The summed E-state index contributed by atoms with van der Waals surface area (Å²) in [5, 5.41) is 14.2. The van der Waals surface area contributed by atoms with E-state index < -0.39 is 12.0 Å². The molecule has 0 unspecified atom stereocenters. The zero-order valence-electron chi connectivity index (χ0n) is 10.9. The molecule has 0 radical (unpaired) electrons. The Morgan fingerprint density at radius 1 is 1.38 bits per heavy atom. The van der Waals surface area contributed by atoms with Gasteiger partial charge in [0.15, 0.2) is 0 Å². The van der Waals surface area contributed by atoms with Crippen molar-refractivity contribution in [3.05, 3.63) is 47.0 Å². The van der Waals surface area contributed by atoms with Gasteiger partial charge >= 0.3 is 12.0 Å². The highest BCUT2D eigenvalue weighted by Crippen LogP contribution is 2.22. The normalized spacial score (nSPS) is 10.1. The number of anilines is 1. The van der Waals surface area contributed by atoms with Crippen LogP contribution in [0.5, 0.6) is 0 Å². The van der Waals surface area contributed by atoms with Crippen LogP contribution in [0.1, 0.15) is 16.1 Å². The second-order valence-corrected chi connectivity index (χ2v) is 4.61. The predicted molar refractivity (Wildman–Crippen MR) is 77.7 cm³/mol. The van der Waals surface area contributed by atoms with E-state index in [9.17, 15) is 9.59 Å². The molecule has 0 bridgehead atoms. The highest BCUT2D eigenvalue weighted by molar-refractivity contribution is 6.34. The van der Waals surface area contributed by atoms with E-state index in [0.29, 0.717) is 18.7 Å². The number of carboxylic acid groups (broad SMARTS) is 1. The van der Waals surface area contributed by atoms with Crippen molar-refractivity contribution in [3.8, 4) is 0 Å². The molecule has 0 aliphatic heterocycles. The fraction of sp³-hybridized carbons (Fsp3) is 0.154. The van der Waals surface area contributed by atoms with E-state index in [1.54, 1.807) is 12.5 Å². The van der Waals surface area contributed by atoms with Crippen molar-refractivity contribution in [3.63, 3.8) is 0 Å². The average molecular weight is 309 g/mol. The summed E-state index contributed by atoms with van der Waals surface area (Å²) in [6.07, 6.45) is 3.87. The van der Waals surface area contributed by atoms with E-state index in [0.717, 1.165) is 5.69 Å². The topological polar surface area (TPSA) is 107 Å². The lowest BCUT2D eigenvalue weighted by Crippen LogP contribution is -2.30. The minimum absolute atomic E-state index is 0.0604. The molecule has 21 heavy (non-hydrogen) atoms. The monoisotopic (exact) mass is 308 g/mol. The number of urea groups is 1. The van der Waals surface area contributed by atoms with Gasteiger partial charge in [0.25, 0.3) is 0 Å². The number of hydrogen-bond donors (Lipinski definition) is 4. The number of rotatable bonds is 5. The number of carbonyl (C=O) groups is 2. The number of aromatic nitrogens is 2. The molecule has 8 heteroatoms. The first-order valence-electron chi connectivity index (χ1n) is 6.11. The van der Waals surface area contributed by atoms with Crippen molar-refractivity contribution in [1.82, 2.24) is 15.3 Å². The Kier molecular flexibility index (Phi) is 4.78. The SMILES string of the molecule is O=C(NCCc1cnc[nH]1)Nc1ccc(C(=O)O)cc1Cl. The zero-order chi connectivity index (χ0) is 15.2. The van der Waals surface area contributed by atoms with Crippen LogP contribution in [0.4, 0.5) is 10.5 Å². The summed E-state index contributed by atoms with van der Waals surface area (Å²) in [6, 6.07) is 3.68. The number of carbonyl (C=O) groups excluding carboxylic acids is 1. The van der Waals surface area contributed by atoms with Gasteiger partial charge in [0.1, 0.15) is 0 Å². The first-order chi connectivity index (χ1) is 10.1. The molecule has 0 atom stereocenters. The van der Waals surface area contributed by atoms with E-state index in [-0.39, 0.29) is 10.6 Å². The lowest BCUT2D eigenvalue weighted by molar-refractivity contribution is 0.0697. The summed E-state index contributed by atoms with van der Waals surface area (Å²) in [7, 11) is 0. The van der Waals surface area contributed by atoms with E-state index in [1.807, 2.05) is 0 Å².